The van der Waals surface area contributed by atoms with Gasteiger partial charge in [0.25, 0.3) is 0 Å². The minimum absolute atomic E-state index is 0.0308. The first kappa shape index (κ1) is 20.1. The van der Waals surface area contributed by atoms with E-state index in [0.717, 1.165) is 22.3 Å². The highest BCUT2D eigenvalue weighted by atomic mass is 15.0. The van der Waals surface area contributed by atoms with Crippen LogP contribution in [-0.4, -0.2) is 15.0 Å². The molecule has 0 fully saturated rings. The highest BCUT2D eigenvalue weighted by molar-refractivity contribution is 5.83. The van der Waals surface area contributed by atoms with E-state index in [2.05, 4.69) is 5.32 Å². The first-order chi connectivity index (χ1) is 33.9. The first-order valence-corrected chi connectivity index (χ1v) is 17.1. The van der Waals surface area contributed by atoms with E-state index in [1.807, 2.05) is 84.9 Å². The van der Waals surface area contributed by atoms with E-state index in [1.54, 1.807) is 24.3 Å². The maximum Gasteiger partial charge on any atom is 0.164 e. The van der Waals surface area contributed by atoms with E-state index in [-0.39, 0.29) is 17.2 Å². The molecule has 9 rings (SSSR count). The van der Waals surface area contributed by atoms with Crippen LogP contribution in [0.5, 0.6) is 0 Å². The molecule has 4 nitrogen and oxygen atoms in total. The van der Waals surface area contributed by atoms with Crippen LogP contribution >= 0.6 is 0 Å². The van der Waals surface area contributed by atoms with E-state index in [0.29, 0.717) is 28.6 Å². The Labute approximate surface area is 344 Å². The minimum atomic E-state index is -0.811. The summed E-state index contributed by atoms with van der Waals surface area (Å²) in [7, 11) is 0. The monoisotopic (exact) mass is 720 g/mol. The maximum absolute atomic E-state index is 9.21. The molecular weight excluding hydrogens is 669 g/mol. The standard InChI is InChI=1S/C51H36N4/c1-4-12-36(13-5-1)38-22-28-44(29-23-38)50-53-49(43-16-8-3-9-17-43)54-51(55-50)45-30-24-40(25-31-45)39-20-26-42(27-21-39)47-18-10-11-19-48(47)52-46-34-32-41(33-35-46)37-14-6-2-7-15-37/h1-35,52H/i2D,6D,7D,10D,11D,14D,15D,18D,19D,20D,21D,26D,32D,33D,34D,35D. The molecule has 0 spiro atoms. The van der Waals surface area contributed by atoms with Gasteiger partial charge in [-0.3, -0.25) is 0 Å². The van der Waals surface area contributed by atoms with Crippen LogP contribution in [0.25, 0.3) is 78.7 Å². The van der Waals surface area contributed by atoms with Crippen LogP contribution in [0.3, 0.4) is 0 Å². The van der Waals surface area contributed by atoms with Gasteiger partial charge in [0.05, 0.1) is 21.9 Å². The maximum atomic E-state index is 9.21. The smallest absolute Gasteiger partial charge is 0.164 e. The molecule has 0 aliphatic carbocycles. The van der Waals surface area contributed by atoms with Crippen molar-refractivity contribution in [2.75, 3.05) is 5.32 Å². The first-order valence-electron chi connectivity index (χ1n) is 25.1. The number of aromatic nitrogens is 3. The van der Waals surface area contributed by atoms with Crippen molar-refractivity contribution in [3.8, 4) is 78.7 Å². The van der Waals surface area contributed by atoms with Crippen molar-refractivity contribution in [2.24, 2.45) is 0 Å². The summed E-state index contributed by atoms with van der Waals surface area (Å²) in [6, 6.07) is 24.0. The van der Waals surface area contributed by atoms with Gasteiger partial charge in [-0.25, -0.2) is 15.0 Å². The van der Waals surface area contributed by atoms with Crippen molar-refractivity contribution in [1.29, 1.82) is 0 Å². The largest absolute Gasteiger partial charge is 0.355 e. The third kappa shape index (κ3) is 7.43. The number of nitrogens with one attached hydrogen (secondary N) is 1. The van der Waals surface area contributed by atoms with E-state index in [4.69, 9.17) is 34.1 Å². The van der Waals surface area contributed by atoms with Crippen molar-refractivity contribution in [2.45, 2.75) is 0 Å². The van der Waals surface area contributed by atoms with Gasteiger partial charge < -0.3 is 5.32 Å². The highest BCUT2D eigenvalue weighted by Gasteiger charge is 2.13. The second kappa shape index (κ2) is 15.3. The molecule has 8 aromatic carbocycles. The van der Waals surface area contributed by atoms with Crippen LogP contribution in [0.2, 0.25) is 0 Å². The van der Waals surface area contributed by atoms with Gasteiger partial charge in [-0.1, -0.05) is 194 Å². The molecular formula is C51H36N4. The zero-order chi connectivity index (χ0) is 50.7. The topological polar surface area (TPSA) is 50.7 Å². The third-order valence-corrected chi connectivity index (χ3v) is 8.61. The van der Waals surface area contributed by atoms with Crippen LogP contribution in [-0.2, 0) is 0 Å². The quantitative estimate of drug-likeness (QED) is 0.161. The summed E-state index contributed by atoms with van der Waals surface area (Å²) in [4.78, 5) is 14.5. The molecule has 0 bridgehead atoms. The van der Waals surface area contributed by atoms with Gasteiger partial charge in [0, 0.05) is 33.6 Å². The number of hydrogen-bond donors (Lipinski definition) is 1. The normalized spacial score (nSPS) is 15.0. The van der Waals surface area contributed by atoms with E-state index in [1.165, 1.54) is 6.07 Å². The van der Waals surface area contributed by atoms with Gasteiger partial charge in [0.15, 0.2) is 17.5 Å². The number of nitrogens with zero attached hydrogens (tertiary/aromatic N) is 3. The van der Waals surface area contributed by atoms with E-state index in [9.17, 15) is 2.74 Å². The molecule has 0 aliphatic heterocycles. The zero-order valence-electron chi connectivity index (χ0n) is 44.8. The van der Waals surface area contributed by atoms with Crippen LogP contribution in [0.15, 0.2) is 212 Å². The van der Waals surface area contributed by atoms with Gasteiger partial charge in [0.2, 0.25) is 0 Å². The van der Waals surface area contributed by atoms with Crippen molar-refractivity contribution in [3.63, 3.8) is 0 Å². The lowest BCUT2D eigenvalue weighted by Gasteiger charge is -2.14. The predicted octanol–water partition coefficient (Wildman–Crippen LogP) is 13.3. The van der Waals surface area contributed by atoms with E-state index < -0.39 is 119 Å². The predicted molar refractivity (Wildman–Crippen MR) is 228 cm³/mol. The lowest BCUT2D eigenvalue weighted by Crippen LogP contribution is -2.00. The molecule has 9 aromatic rings. The summed E-state index contributed by atoms with van der Waals surface area (Å²) >= 11 is 0. The fourth-order valence-corrected chi connectivity index (χ4v) is 5.82. The number of hydrogen-bond acceptors (Lipinski definition) is 4. The van der Waals surface area contributed by atoms with Gasteiger partial charge in [0.1, 0.15) is 0 Å². The van der Waals surface area contributed by atoms with Gasteiger partial charge in [-0.15, -0.1) is 0 Å². The van der Waals surface area contributed by atoms with Crippen LogP contribution in [0.1, 0.15) is 21.9 Å². The van der Waals surface area contributed by atoms with Crippen molar-refractivity contribution < 1.29 is 21.9 Å². The van der Waals surface area contributed by atoms with Gasteiger partial charge >= 0.3 is 0 Å². The molecule has 1 N–H and O–H groups in total. The number of benzene rings is 8. The Balaban J connectivity index is 1.10. The third-order valence-electron chi connectivity index (χ3n) is 8.61. The minimum Gasteiger partial charge on any atom is -0.355 e. The molecule has 0 saturated heterocycles. The molecule has 0 atom stereocenters. The zero-order valence-corrected chi connectivity index (χ0v) is 28.8. The summed E-state index contributed by atoms with van der Waals surface area (Å²) in [5.41, 5.74) is 1.69. The lowest BCUT2D eigenvalue weighted by atomic mass is 9.98. The summed E-state index contributed by atoms with van der Waals surface area (Å²) in [5.74, 6) is 1.23. The average molecular weight is 721 g/mol. The molecule has 0 radical (unpaired) electrons. The van der Waals surface area contributed by atoms with Gasteiger partial charge in [-0.05, 0) is 57.1 Å². The summed E-state index contributed by atoms with van der Waals surface area (Å²) in [5, 5.41) is 2.63. The number of para-hydroxylation sites is 1. The van der Waals surface area contributed by atoms with Gasteiger partial charge in [-0.2, -0.15) is 0 Å². The Morgan fingerprint density at radius 1 is 0.309 bits per heavy atom. The number of rotatable bonds is 9. The summed E-state index contributed by atoms with van der Waals surface area (Å²) in [6.45, 7) is 0. The lowest BCUT2D eigenvalue weighted by molar-refractivity contribution is 1.07. The second-order valence-electron chi connectivity index (χ2n) is 12.1. The highest BCUT2D eigenvalue weighted by Crippen LogP contribution is 2.34. The Bertz CT molecular complexity index is 3560. The van der Waals surface area contributed by atoms with E-state index >= 15 is 0 Å². The van der Waals surface area contributed by atoms with Crippen LogP contribution in [0, 0.1) is 0 Å². The van der Waals surface area contributed by atoms with Crippen molar-refractivity contribution in [1.82, 2.24) is 15.0 Å². The summed E-state index contributed by atoms with van der Waals surface area (Å²) < 4.78 is 139. The van der Waals surface area contributed by atoms with Crippen LogP contribution in [0.4, 0.5) is 11.4 Å². The Hall–Kier alpha value is -7.43. The van der Waals surface area contributed by atoms with Crippen molar-refractivity contribution >= 4 is 11.4 Å². The fraction of sp³-hybridized carbons (Fsp3) is 0. The molecule has 4 heteroatoms. The molecule has 0 saturated carbocycles. The fourth-order valence-electron chi connectivity index (χ4n) is 5.82. The molecule has 0 amide bonds. The summed E-state index contributed by atoms with van der Waals surface area (Å²) in [6.07, 6.45) is 0. The molecule has 0 unspecified atom stereocenters. The molecule has 1 heterocycles. The molecule has 1 aromatic heterocycles. The number of anilines is 2. The Morgan fingerprint density at radius 3 is 1.35 bits per heavy atom. The molecule has 260 valence electrons. The van der Waals surface area contributed by atoms with Crippen LogP contribution < -0.4 is 5.32 Å². The Kier molecular flexibility index (Phi) is 5.59. The average Bonchev–Trinajstić information content (AvgIpc) is 3.39. The molecule has 0 aliphatic rings. The SMILES string of the molecule is [2H]c1cc(-c2c([2H])c([2H])c([2H])c([2H])c2Nc2c([2H])c([2H])c(-c3c([2H])c([2H])c([2H])c([2H])c3[2H])c([2H])c2[2H])c([2H])c([2H])c1-c1ccc(-c2nc(-c3ccccc3)nc(-c3ccc(-c4ccccc4)cc3)n2)cc1. The second-order valence-corrected chi connectivity index (χ2v) is 12.1. The Morgan fingerprint density at radius 2 is 0.727 bits per heavy atom. The van der Waals surface area contributed by atoms with Crippen molar-refractivity contribution in [3.05, 3.63) is 212 Å². The molecule has 55 heavy (non-hydrogen) atoms.